The molecule has 4 rings (SSSR count). The van der Waals surface area contributed by atoms with Crippen molar-refractivity contribution in [2.24, 2.45) is 22.9 Å². The van der Waals surface area contributed by atoms with Gasteiger partial charge >= 0.3 is 0 Å². The van der Waals surface area contributed by atoms with Crippen LogP contribution in [-0.4, -0.2) is 139 Å². The fourth-order valence-corrected chi connectivity index (χ4v) is 6.01. The third-order valence-electron chi connectivity index (χ3n) is 8.35. The number of likely N-dealkylation sites (N-methyl/N-ethyl adjacent to an activating group) is 1. The average molecular weight is 565 g/mol. The van der Waals surface area contributed by atoms with Gasteiger partial charge < -0.3 is 77.7 Å². The Labute approximate surface area is 228 Å². The normalized spacial score (nSPS) is 47.2. The summed E-state index contributed by atoms with van der Waals surface area (Å²) in [4.78, 5) is 0. The number of hydrogen-bond donors (Lipinski definition) is 10. The number of fused-ring (bicyclic) bond motifs is 1. The first-order valence-electron chi connectivity index (χ1n) is 14.0. The first-order valence-corrected chi connectivity index (χ1v) is 14.0. The van der Waals surface area contributed by atoms with Crippen molar-refractivity contribution in [3.63, 3.8) is 0 Å². The van der Waals surface area contributed by atoms with E-state index < -0.39 is 74.2 Å². The van der Waals surface area contributed by atoms with Gasteiger partial charge in [-0.2, -0.15) is 0 Å². The summed E-state index contributed by atoms with van der Waals surface area (Å²) in [6.07, 6.45) is -5.73. The molecule has 4 fully saturated rings. The van der Waals surface area contributed by atoms with Crippen LogP contribution in [0.5, 0.6) is 0 Å². The highest BCUT2D eigenvalue weighted by molar-refractivity contribution is 4.99. The van der Waals surface area contributed by atoms with Gasteiger partial charge in [0.2, 0.25) is 0 Å². The number of nitrogens with one attached hydrogen (secondary N) is 2. The predicted molar refractivity (Wildman–Crippen MR) is 138 cm³/mol. The Bertz CT molecular complexity index is 755. The Balaban J connectivity index is 1.37. The van der Waals surface area contributed by atoms with E-state index in [-0.39, 0.29) is 37.3 Å². The minimum atomic E-state index is -1.48. The molecule has 0 spiro atoms. The minimum Gasteiger partial charge on any atom is -0.394 e. The minimum absolute atomic E-state index is 0.0785. The molecule has 14 atom stereocenters. The highest BCUT2D eigenvalue weighted by Gasteiger charge is 2.52. The lowest BCUT2D eigenvalue weighted by Gasteiger charge is -2.50. The van der Waals surface area contributed by atoms with Gasteiger partial charge in [-0.25, -0.2) is 0 Å². The van der Waals surface area contributed by atoms with Crippen molar-refractivity contribution in [1.29, 1.82) is 0 Å². The fourth-order valence-electron chi connectivity index (χ4n) is 6.01. The van der Waals surface area contributed by atoms with Crippen molar-refractivity contribution < 1.29 is 44.1 Å². The molecule has 0 amide bonds. The summed E-state index contributed by atoms with van der Waals surface area (Å²) in [7, 11) is 1.64. The average Bonchev–Trinajstić information content (AvgIpc) is 2.92. The van der Waals surface area contributed by atoms with Crippen LogP contribution in [0.25, 0.3) is 0 Å². The van der Waals surface area contributed by atoms with Gasteiger partial charge in [-0.3, -0.25) is 0 Å². The zero-order chi connectivity index (χ0) is 28.3. The van der Waals surface area contributed by atoms with Crippen molar-refractivity contribution in [1.82, 2.24) is 10.6 Å². The van der Waals surface area contributed by atoms with Gasteiger partial charge in [-0.05, 0) is 32.7 Å². The molecule has 0 bridgehead atoms. The summed E-state index contributed by atoms with van der Waals surface area (Å²) in [6.45, 7) is -0.0589. The molecule has 10 unspecified atom stereocenters. The van der Waals surface area contributed by atoms with Gasteiger partial charge in [0, 0.05) is 37.6 Å². The molecule has 3 aliphatic heterocycles. The molecule has 0 aromatic heterocycles. The topological polar surface area (TPSA) is 255 Å². The smallest absolute Gasteiger partial charge is 0.189 e. The van der Waals surface area contributed by atoms with Crippen LogP contribution in [0, 0.1) is 0 Å². The van der Waals surface area contributed by atoms with E-state index in [0.717, 1.165) is 12.8 Å². The van der Waals surface area contributed by atoms with Crippen LogP contribution in [0.15, 0.2) is 0 Å². The van der Waals surface area contributed by atoms with Crippen LogP contribution in [-0.2, 0) is 23.7 Å². The number of aliphatic hydroxyl groups excluding tert-OH is 4. The second kappa shape index (κ2) is 14.0. The molecule has 15 nitrogen and oxygen atoms in total. The van der Waals surface area contributed by atoms with Gasteiger partial charge in [0.25, 0.3) is 0 Å². The van der Waals surface area contributed by atoms with E-state index in [1.165, 1.54) is 0 Å². The van der Waals surface area contributed by atoms with Gasteiger partial charge in [0.1, 0.15) is 30.5 Å². The molecule has 0 aromatic carbocycles. The van der Waals surface area contributed by atoms with E-state index >= 15 is 0 Å². The van der Waals surface area contributed by atoms with Crippen LogP contribution < -0.4 is 33.6 Å². The predicted octanol–water partition coefficient (Wildman–Crippen LogP) is -4.91. The number of ether oxygens (including phenoxy) is 5. The maximum absolute atomic E-state index is 11.2. The zero-order valence-electron chi connectivity index (χ0n) is 22.5. The molecule has 0 radical (unpaired) electrons. The molecule has 15 heteroatoms. The molecule has 1 aliphatic carbocycles. The van der Waals surface area contributed by atoms with E-state index in [1.54, 1.807) is 7.05 Å². The van der Waals surface area contributed by atoms with Gasteiger partial charge in [0.05, 0.1) is 30.9 Å². The molecule has 0 aromatic rings. The van der Waals surface area contributed by atoms with Crippen molar-refractivity contribution in [2.75, 3.05) is 26.7 Å². The Hall–Kier alpha value is -0.600. The molecule has 3 heterocycles. The van der Waals surface area contributed by atoms with Crippen LogP contribution in [0.3, 0.4) is 0 Å². The first-order chi connectivity index (χ1) is 18.7. The lowest BCUT2D eigenvalue weighted by Crippen LogP contribution is -2.69. The standard InChI is InChI=1S/C24H48N6O9/c1-29-18-20(33)22-14(4-5-16(38-22)35-13-3-2-10(27)6-12(13)28)36-23(18)39-24-21(34)19(32)17(15(9-31)37-24)30-11(7-25)8-26/h10-24,29-34H,2-9,25-28H2,1H3/t10-,12?,13-,14-,15?,16-,17?,18?,19?,20?,21?,22?,23?,24?/m0/s1. The third kappa shape index (κ3) is 7.07. The van der Waals surface area contributed by atoms with E-state index in [2.05, 4.69) is 10.6 Å². The molecule has 4 aliphatic rings. The number of rotatable bonds is 10. The number of hydrogen-bond acceptors (Lipinski definition) is 15. The zero-order valence-corrected chi connectivity index (χ0v) is 22.5. The van der Waals surface area contributed by atoms with Crippen molar-refractivity contribution >= 4 is 0 Å². The second-order valence-electron chi connectivity index (χ2n) is 11.1. The number of nitrogens with two attached hydrogens (primary N) is 4. The van der Waals surface area contributed by atoms with Crippen LogP contribution in [0.2, 0.25) is 0 Å². The Morgan fingerprint density at radius 3 is 2.26 bits per heavy atom. The molecule has 1 saturated carbocycles. The van der Waals surface area contributed by atoms with Crippen LogP contribution in [0.4, 0.5) is 0 Å². The molecular weight excluding hydrogens is 516 g/mol. The quantitative estimate of drug-likeness (QED) is 0.119. The van der Waals surface area contributed by atoms with Gasteiger partial charge in [0.15, 0.2) is 18.9 Å². The Kier molecular flexibility index (Phi) is 11.3. The Morgan fingerprint density at radius 2 is 1.62 bits per heavy atom. The SMILES string of the molecule is CNC1C(OC2OC(CO)C(NC(CN)CN)C(O)C2O)O[C@H]2CC[C@@H](O[C@H]3CC[C@H](N)CC3N)OC2C1O. The van der Waals surface area contributed by atoms with E-state index in [0.29, 0.717) is 19.3 Å². The molecule has 14 N–H and O–H groups in total. The van der Waals surface area contributed by atoms with Gasteiger partial charge in [-0.15, -0.1) is 0 Å². The summed E-state index contributed by atoms with van der Waals surface area (Å²) in [5, 5.41) is 48.8. The first kappa shape index (κ1) is 31.3. The monoisotopic (exact) mass is 564 g/mol. The maximum Gasteiger partial charge on any atom is 0.189 e. The van der Waals surface area contributed by atoms with Crippen LogP contribution >= 0.6 is 0 Å². The summed E-state index contributed by atoms with van der Waals surface area (Å²) in [6, 6.07) is -2.03. The molecule has 39 heavy (non-hydrogen) atoms. The van der Waals surface area contributed by atoms with E-state index in [9.17, 15) is 20.4 Å². The van der Waals surface area contributed by atoms with Crippen molar-refractivity contribution in [3.05, 3.63) is 0 Å². The fraction of sp³-hybridized carbons (Fsp3) is 1.00. The lowest BCUT2D eigenvalue weighted by molar-refractivity contribution is -0.371. The number of aliphatic hydroxyl groups is 4. The largest absolute Gasteiger partial charge is 0.394 e. The highest BCUT2D eigenvalue weighted by Crippen LogP contribution is 2.35. The summed E-state index contributed by atoms with van der Waals surface area (Å²) in [5.74, 6) is 0. The van der Waals surface area contributed by atoms with Gasteiger partial charge in [-0.1, -0.05) is 0 Å². The maximum atomic E-state index is 11.2. The van der Waals surface area contributed by atoms with Crippen LogP contribution in [0.1, 0.15) is 32.1 Å². The van der Waals surface area contributed by atoms with E-state index in [4.69, 9.17) is 46.6 Å². The summed E-state index contributed by atoms with van der Waals surface area (Å²) in [5.41, 5.74) is 23.6. The highest BCUT2D eigenvalue weighted by atomic mass is 16.8. The second-order valence-corrected chi connectivity index (χ2v) is 11.1. The Morgan fingerprint density at radius 1 is 0.872 bits per heavy atom. The van der Waals surface area contributed by atoms with E-state index in [1.807, 2.05) is 0 Å². The molecule has 228 valence electrons. The lowest BCUT2D eigenvalue weighted by atomic mass is 9.89. The summed E-state index contributed by atoms with van der Waals surface area (Å²) < 4.78 is 30.3. The van der Waals surface area contributed by atoms with Crippen molar-refractivity contribution in [2.45, 2.75) is 124 Å². The third-order valence-corrected chi connectivity index (χ3v) is 8.35. The van der Waals surface area contributed by atoms with Crippen molar-refractivity contribution in [3.8, 4) is 0 Å². The molecule has 3 saturated heterocycles. The molecular formula is C24H48N6O9. The summed E-state index contributed by atoms with van der Waals surface area (Å²) >= 11 is 0.